The molecule has 1 aliphatic heterocycles. The first-order valence-corrected chi connectivity index (χ1v) is 7.66. The van der Waals surface area contributed by atoms with Crippen molar-refractivity contribution in [2.75, 3.05) is 33.3 Å². The number of nitrogens with zero attached hydrogens (tertiary/aromatic N) is 2. The summed E-state index contributed by atoms with van der Waals surface area (Å²) in [5.41, 5.74) is 1.53. The van der Waals surface area contributed by atoms with Crippen LogP contribution >= 0.6 is 0 Å². The molecule has 1 aromatic rings. The van der Waals surface area contributed by atoms with Gasteiger partial charge in [-0.3, -0.25) is 9.80 Å². The van der Waals surface area contributed by atoms with E-state index in [1.54, 1.807) is 0 Å². The zero-order valence-corrected chi connectivity index (χ0v) is 12.5. The lowest BCUT2D eigenvalue weighted by atomic mass is 9.78. The molecule has 0 spiro atoms. The highest BCUT2D eigenvalue weighted by Crippen LogP contribution is 2.27. The first-order valence-electron chi connectivity index (χ1n) is 7.66. The zero-order chi connectivity index (χ0) is 14.8. The smallest absolute Gasteiger partial charge is 0.492 e. The molecule has 0 aromatic heterocycles. The molecule has 1 saturated carbocycles. The largest absolute Gasteiger partial charge is 0.497 e. The van der Waals surface area contributed by atoms with Gasteiger partial charge in [-0.05, 0) is 24.5 Å². The molecule has 5 nitrogen and oxygen atoms in total. The first kappa shape index (κ1) is 14.8. The molecule has 2 aliphatic rings. The van der Waals surface area contributed by atoms with Gasteiger partial charge in [0.15, 0.2) is 0 Å². The minimum atomic E-state index is -1.49. The van der Waals surface area contributed by atoms with Crippen LogP contribution in [0.5, 0.6) is 5.75 Å². The maximum atomic E-state index is 9.42. The molecular weight excluding hydrogens is 267 g/mol. The summed E-state index contributed by atoms with van der Waals surface area (Å²) in [4.78, 5) is 5.02. The number of benzene rings is 1. The van der Waals surface area contributed by atoms with Crippen LogP contribution in [0.15, 0.2) is 18.2 Å². The molecule has 6 heteroatoms. The quantitative estimate of drug-likeness (QED) is 0.726. The molecule has 2 N–H and O–H groups in total. The summed E-state index contributed by atoms with van der Waals surface area (Å²) in [6.45, 7) is 5.31. The van der Waals surface area contributed by atoms with Crippen LogP contribution < -0.4 is 10.2 Å². The fourth-order valence-corrected chi connectivity index (χ4v) is 3.07. The Bertz CT molecular complexity index is 486. The second kappa shape index (κ2) is 6.36. The molecule has 3 rings (SSSR count). The van der Waals surface area contributed by atoms with Crippen molar-refractivity contribution in [2.24, 2.45) is 0 Å². The van der Waals surface area contributed by atoms with E-state index < -0.39 is 7.12 Å². The highest BCUT2D eigenvalue weighted by atomic mass is 16.5. The summed E-state index contributed by atoms with van der Waals surface area (Å²) in [5.74, 6) is 0.521. The Morgan fingerprint density at radius 3 is 2.48 bits per heavy atom. The SMILES string of the molecule is COc1ccc(CN2CCN(C3CC3)CC2)cc1B(O)O. The molecule has 0 bridgehead atoms. The maximum absolute atomic E-state index is 9.42. The third-order valence-electron chi connectivity index (χ3n) is 4.45. The predicted octanol–water partition coefficient (Wildman–Crippen LogP) is -0.345. The highest BCUT2D eigenvalue weighted by Gasteiger charge is 2.31. The Morgan fingerprint density at radius 1 is 1.19 bits per heavy atom. The zero-order valence-electron chi connectivity index (χ0n) is 12.5. The fraction of sp³-hybridized carbons (Fsp3) is 0.600. The Kier molecular flexibility index (Phi) is 4.49. The minimum absolute atomic E-state index is 0.437. The third-order valence-corrected chi connectivity index (χ3v) is 4.45. The van der Waals surface area contributed by atoms with Crippen molar-refractivity contribution in [2.45, 2.75) is 25.4 Å². The molecule has 1 aromatic carbocycles. The lowest BCUT2D eigenvalue weighted by Gasteiger charge is -2.34. The molecule has 0 amide bonds. The van der Waals surface area contributed by atoms with Crippen molar-refractivity contribution in [3.63, 3.8) is 0 Å². The summed E-state index contributed by atoms with van der Waals surface area (Å²) in [5, 5.41) is 18.8. The molecule has 1 heterocycles. The molecule has 114 valence electrons. The monoisotopic (exact) mass is 290 g/mol. The fourth-order valence-electron chi connectivity index (χ4n) is 3.07. The molecule has 21 heavy (non-hydrogen) atoms. The van der Waals surface area contributed by atoms with Crippen molar-refractivity contribution in [1.29, 1.82) is 0 Å². The van der Waals surface area contributed by atoms with E-state index in [1.165, 1.54) is 20.0 Å². The molecule has 1 aliphatic carbocycles. The van der Waals surface area contributed by atoms with Gasteiger partial charge in [0.1, 0.15) is 5.75 Å². The number of ether oxygens (including phenoxy) is 1. The van der Waals surface area contributed by atoms with Gasteiger partial charge in [0.05, 0.1) is 7.11 Å². The topological polar surface area (TPSA) is 56.2 Å². The van der Waals surface area contributed by atoms with Crippen LogP contribution in [0.25, 0.3) is 0 Å². The lowest BCUT2D eigenvalue weighted by Crippen LogP contribution is -2.46. The molecule has 2 fully saturated rings. The van der Waals surface area contributed by atoms with E-state index in [1.807, 2.05) is 18.2 Å². The third kappa shape index (κ3) is 3.58. The summed E-state index contributed by atoms with van der Waals surface area (Å²) < 4.78 is 5.16. The second-order valence-corrected chi connectivity index (χ2v) is 5.99. The van der Waals surface area contributed by atoms with Crippen LogP contribution in [-0.4, -0.2) is 66.3 Å². The number of methoxy groups -OCH3 is 1. The number of hydrogen-bond acceptors (Lipinski definition) is 5. The van der Waals surface area contributed by atoms with Gasteiger partial charge in [-0.15, -0.1) is 0 Å². The van der Waals surface area contributed by atoms with Crippen molar-refractivity contribution < 1.29 is 14.8 Å². The van der Waals surface area contributed by atoms with E-state index in [0.717, 1.165) is 44.3 Å². The molecule has 0 unspecified atom stereocenters. The van der Waals surface area contributed by atoms with E-state index in [4.69, 9.17) is 4.74 Å². The highest BCUT2D eigenvalue weighted by molar-refractivity contribution is 6.59. The predicted molar refractivity (Wildman–Crippen MR) is 82.7 cm³/mol. The molecular formula is C15H23BN2O3. The van der Waals surface area contributed by atoms with Gasteiger partial charge in [0, 0.05) is 44.2 Å². The molecule has 0 radical (unpaired) electrons. The van der Waals surface area contributed by atoms with Crippen LogP contribution in [-0.2, 0) is 6.54 Å². The van der Waals surface area contributed by atoms with Crippen LogP contribution in [0.2, 0.25) is 0 Å². The van der Waals surface area contributed by atoms with E-state index in [0.29, 0.717) is 11.2 Å². The van der Waals surface area contributed by atoms with Crippen LogP contribution in [0.1, 0.15) is 18.4 Å². The number of hydrogen-bond donors (Lipinski definition) is 2. The average molecular weight is 290 g/mol. The summed E-state index contributed by atoms with van der Waals surface area (Å²) >= 11 is 0. The second-order valence-electron chi connectivity index (χ2n) is 5.99. The van der Waals surface area contributed by atoms with E-state index in [2.05, 4.69) is 9.80 Å². The van der Waals surface area contributed by atoms with Crippen LogP contribution in [0.4, 0.5) is 0 Å². The van der Waals surface area contributed by atoms with Gasteiger partial charge >= 0.3 is 7.12 Å². The Labute approximate surface area is 126 Å². The van der Waals surface area contributed by atoms with Gasteiger partial charge in [0.2, 0.25) is 0 Å². The number of rotatable bonds is 5. The summed E-state index contributed by atoms with van der Waals surface area (Å²) in [6.07, 6.45) is 2.74. The standard InChI is InChI=1S/C15H23BN2O3/c1-21-15-5-2-12(10-14(15)16(19)20)11-17-6-8-18(9-7-17)13-3-4-13/h2,5,10,13,19-20H,3-4,6-9,11H2,1H3. The minimum Gasteiger partial charge on any atom is -0.497 e. The molecule has 1 saturated heterocycles. The van der Waals surface area contributed by atoms with E-state index in [-0.39, 0.29) is 0 Å². The Hall–Kier alpha value is -1.08. The van der Waals surface area contributed by atoms with E-state index >= 15 is 0 Å². The Morgan fingerprint density at radius 2 is 1.90 bits per heavy atom. The molecule has 0 atom stereocenters. The average Bonchev–Trinajstić information content (AvgIpc) is 3.32. The van der Waals surface area contributed by atoms with Gasteiger partial charge in [-0.2, -0.15) is 0 Å². The van der Waals surface area contributed by atoms with Crippen molar-refractivity contribution in [3.05, 3.63) is 23.8 Å². The summed E-state index contributed by atoms with van der Waals surface area (Å²) in [7, 11) is 0.0458. The van der Waals surface area contributed by atoms with Crippen LogP contribution in [0, 0.1) is 0 Å². The van der Waals surface area contributed by atoms with Crippen LogP contribution in [0.3, 0.4) is 0 Å². The normalized spacial score (nSPS) is 20.5. The lowest BCUT2D eigenvalue weighted by molar-refractivity contribution is 0.121. The van der Waals surface area contributed by atoms with Gasteiger partial charge in [-0.25, -0.2) is 0 Å². The van der Waals surface area contributed by atoms with E-state index in [9.17, 15) is 10.0 Å². The van der Waals surface area contributed by atoms with Crippen molar-refractivity contribution in [3.8, 4) is 5.75 Å². The van der Waals surface area contributed by atoms with Gasteiger partial charge in [0.25, 0.3) is 0 Å². The van der Waals surface area contributed by atoms with Crippen molar-refractivity contribution >= 4 is 12.6 Å². The summed E-state index contributed by atoms with van der Waals surface area (Å²) in [6, 6.07) is 6.49. The maximum Gasteiger partial charge on any atom is 0.492 e. The van der Waals surface area contributed by atoms with Crippen molar-refractivity contribution in [1.82, 2.24) is 9.80 Å². The first-order chi connectivity index (χ1) is 10.2. The number of piperazine rings is 1. The Balaban J connectivity index is 1.61. The van der Waals surface area contributed by atoms with Gasteiger partial charge in [-0.1, -0.05) is 12.1 Å². The van der Waals surface area contributed by atoms with Gasteiger partial charge < -0.3 is 14.8 Å².